The number of hydrogen-bond donors (Lipinski definition) is 2. The molecule has 26 heavy (non-hydrogen) atoms. The molecule has 1 aliphatic rings. The molecule has 136 valence electrons. The predicted octanol–water partition coefficient (Wildman–Crippen LogP) is 3.43. The summed E-state index contributed by atoms with van der Waals surface area (Å²) in [5.41, 5.74) is 2.21. The van der Waals surface area contributed by atoms with E-state index in [2.05, 4.69) is 10.6 Å². The van der Waals surface area contributed by atoms with Crippen molar-refractivity contribution >= 4 is 11.8 Å². The first kappa shape index (κ1) is 18.2. The van der Waals surface area contributed by atoms with E-state index in [9.17, 15) is 9.59 Å². The number of hydrogen-bond acceptors (Lipinski definition) is 2. The molecule has 1 saturated carbocycles. The SMILES string of the molecule is O=C(NCc1ccccc1)C1CCC(C(=O)NCc2ccccc2)CC1. The minimum atomic E-state index is 0.0249. The maximum atomic E-state index is 12.3. The fourth-order valence-corrected chi connectivity index (χ4v) is 3.48. The van der Waals surface area contributed by atoms with Crippen molar-refractivity contribution in [3.8, 4) is 0 Å². The molecule has 0 radical (unpaired) electrons. The van der Waals surface area contributed by atoms with E-state index in [4.69, 9.17) is 0 Å². The molecule has 0 aromatic heterocycles. The third-order valence-corrected chi connectivity index (χ3v) is 5.09. The summed E-state index contributed by atoms with van der Waals surface area (Å²) in [7, 11) is 0. The van der Waals surface area contributed by atoms with Crippen LogP contribution in [-0.4, -0.2) is 11.8 Å². The van der Waals surface area contributed by atoms with Crippen LogP contribution in [0.25, 0.3) is 0 Å². The molecule has 4 nitrogen and oxygen atoms in total. The fraction of sp³-hybridized carbons (Fsp3) is 0.364. The highest BCUT2D eigenvalue weighted by Crippen LogP contribution is 2.29. The third-order valence-electron chi connectivity index (χ3n) is 5.09. The van der Waals surface area contributed by atoms with Crippen molar-refractivity contribution in [2.75, 3.05) is 0 Å². The third kappa shape index (κ3) is 5.19. The minimum Gasteiger partial charge on any atom is -0.352 e. The molecular formula is C22H26N2O2. The summed E-state index contributed by atoms with van der Waals surface area (Å²) in [4.78, 5) is 24.7. The normalized spacial score (nSPS) is 19.5. The van der Waals surface area contributed by atoms with Crippen molar-refractivity contribution in [3.05, 3.63) is 71.8 Å². The van der Waals surface area contributed by atoms with Crippen LogP contribution in [0.2, 0.25) is 0 Å². The number of benzene rings is 2. The van der Waals surface area contributed by atoms with Gasteiger partial charge in [-0.05, 0) is 36.8 Å². The molecule has 0 unspecified atom stereocenters. The molecule has 0 atom stereocenters. The highest BCUT2D eigenvalue weighted by molar-refractivity contribution is 5.81. The molecule has 2 N–H and O–H groups in total. The number of rotatable bonds is 6. The molecule has 0 aliphatic heterocycles. The second kappa shape index (κ2) is 9.18. The minimum absolute atomic E-state index is 0.0249. The molecule has 2 amide bonds. The molecule has 0 saturated heterocycles. The van der Waals surface area contributed by atoms with Crippen LogP contribution in [0.5, 0.6) is 0 Å². The van der Waals surface area contributed by atoms with Crippen LogP contribution in [0, 0.1) is 11.8 Å². The summed E-state index contributed by atoms with van der Waals surface area (Å²) >= 11 is 0. The average Bonchev–Trinajstić information content (AvgIpc) is 2.72. The largest absolute Gasteiger partial charge is 0.352 e. The Labute approximate surface area is 155 Å². The zero-order valence-corrected chi connectivity index (χ0v) is 15.0. The topological polar surface area (TPSA) is 58.2 Å². The molecule has 1 aliphatic carbocycles. The Morgan fingerprint density at radius 3 is 1.35 bits per heavy atom. The average molecular weight is 350 g/mol. The first-order valence-corrected chi connectivity index (χ1v) is 9.35. The maximum absolute atomic E-state index is 12.3. The molecule has 4 heteroatoms. The van der Waals surface area contributed by atoms with Crippen LogP contribution >= 0.6 is 0 Å². The lowest BCUT2D eigenvalue weighted by molar-refractivity contribution is -0.130. The summed E-state index contributed by atoms with van der Waals surface area (Å²) < 4.78 is 0. The van der Waals surface area contributed by atoms with E-state index in [0.29, 0.717) is 13.1 Å². The number of nitrogens with one attached hydrogen (secondary N) is 2. The van der Waals surface area contributed by atoms with E-state index < -0.39 is 0 Å². The number of carbonyl (C=O) groups excluding carboxylic acids is 2. The maximum Gasteiger partial charge on any atom is 0.223 e. The quantitative estimate of drug-likeness (QED) is 0.839. The van der Waals surface area contributed by atoms with E-state index in [1.807, 2.05) is 60.7 Å². The smallest absolute Gasteiger partial charge is 0.223 e. The lowest BCUT2D eigenvalue weighted by Crippen LogP contribution is -2.37. The molecular weight excluding hydrogens is 324 g/mol. The van der Waals surface area contributed by atoms with Gasteiger partial charge in [0.25, 0.3) is 0 Å². The Hall–Kier alpha value is -2.62. The Morgan fingerprint density at radius 2 is 1.00 bits per heavy atom. The second-order valence-electron chi connectivity index (χ2n) is 6.96. The van der Waals surface area contributed by atoms with Gasteiger partial charge in [0.15, 0.2) is 0 Å². The van der Waals surface area contributed by atoms with Gasteiger partial charge in [0.1, 0.15) is 0 Å². The van der Waals surface area contributed by atoms with Crippen molar-refractivity contribution in [3.63, 3.8) is 0 Å². The highest BCUT2D eigenvalue weighted by atomic mass is 16.2. The monoisotopic (exact) mass is 350 g/mol. The van der Waals surface area contributed by atoms with Crippen LogP contribution in [-0.2, 0) is 22.7 Å². The van der Waals surface area contributed by atoms with Crippen molar-refractivity contribution in [1.82, 2.24) is 10.6 Å². The van der Waals surface area contributed by atoms with Gasteiger partial charge in [-0.25, -0.2) is 0 Å². The molecule has 3 rings (SSSR count). The highest BCUT2D eigenvalue weighted by Gasteiger charge is 2.29. The van der Waals surface area contributed by atoms with E-state index in [1.54, 1.807) is 0 Å². The summed E-state index contributed by atoms with van der Waals surface area (Å²) in [6.07, 6.45) is 3.13. The summed E-state index contributed by atoms with van der Waals surface area (Å²) in [5.74, 6) is 0.266. The van der Waals surface area contributed by atoms with Crippen LogP contribution in [0.15, 0.2) is 60.7 Å². The molecule has 1 fully saturated rings. The summed E-state index contributed by atoms with van der Waals surface area (Å²) in [5, 5.41) is 6.04. The van der Waals surface area contributed by atoms with Gasteiger partial charge in [-0.15, -0.1) is 0 Å². The van der Waals surface area contributed by atoms with Crippen molar-refractivity contribution in [2.45, 2.75) is 38.8 Å². The van der Waals surface area contributed by atoms with Gasteiger partial charge in [-0.1, -0.05) is 60.7 Å². The lowest BCUT2D eigenvalue weighted by atomic mass is 9.81. The molecule has 0 bridgehead atoms. The first-order valence-electron chi connectivity index (χ1n) is 9.35. The zero-order chi connectivity index (χ0) is 18.2. The van der Waals surface area contributed by atoms with Gasteiger partial charge in [0.2, 0.25) is 11.8 Å². The fourth-order valence-electron chi connectivity index (χ4n) is 3.48. The van der Waals surface area contributed by atoms with Gasteiger partial charge in [0, 0.05) is 24.9 Å². The van der Waals surface area contributed by atoms with Crippen LogP contribution < -0.4 is 10.6 Å². The molecule has 0 spiro atoms. The van der Waals surface area contributed by atoms with Crippen LogP contribution in [0.3, 0.4) is 0 Å². The lowest BCUT2D eigenvalue weighted by Gasteiger charge is -2.27. The number of carbonyl (C=O) groups is 2. The Kier molecular flexibility index (Phi) is 6.42. The van der Waals surface area contributed by atoms with Gasteiger partial charge < -0.3 is 10.6 Å². The van der Waals surface area contributed by atoms with Gasteiger partial charge in [0.05, 0.1) is 0 Å². The summed E-state index contributed by atoms with van der Waals surface area (Å²) in [6, 6.07) is 19.9. The Bertz CT molecular complexity index is 644. The Morgan fingerprint density at radius 1 is 0.654 bits per heavy atom. The van der Waals surface area contributed by atoms with Crippen molar-refractivity contribution in [1.29, 1.82) is 0 Å². The van der Waals surface area contributed by atoms with Crippen molar-refractivity contribution < 1.29 is 9.59 Å². The van der Waals surface area contributed by atoms with E-state index in [0.717, 1.165) is 36.8 Å². The second-order valence-corrected chi connectivity index (χ2v) is 6.96. The van der Waals surface area contributed by atoms with Gasteiger partial charge in [-0.3, -0.25) is 9.59 Å². The number of amides is 2. The standard InChI is InChI=1S/C22H26N2O2/c25-21(23-15-17-7-3-1-4-8-17)19-11-13-20(14-12-19)22(26)24-16-18-9-5-2-6-10-18/h1-10,19-20H,11-16H2,(H,23,25)(H,24,26). The van der Waals surface area contributed by atoms with Gasteiger partial charge in [-0.2, -0.15) is 0 Å². The molecule has 0 heterocycles. The zero-order valence-electron chi connectivity index (χ0n) is 15.0. The van der Waals surface area contributed by atoms with Crippen LogP contribution in [0.4, 0.5) is 0 Å². The molecule has 2 aromatic carbocycles. The van der Waals surface area contributed by atoms with Crippen molar-refractivity contribution in [2.24, 2.45) is 11.8 Å². The van der Waals surface area contributed by atoms with E-state index in [-0.39, 0.29) is 23.7 Å². The summed E-state index contributed by atoms with van der Waals surface area (Å²) in [6.45, 7) is 1.13. The van der Waals surface area contributed by atoms with Crippen LogP contribution in [0.1, 0.15) is 36.8 Å². The van der Waals surface area contributed by atoms with E-state index in [1.165, 1.54) is 0 Å². The van der Waals surface area contributed by atoms with Gasteiger partial charge >= 0.3 is 0 Å². The predicted molar refractivity (Wildman–Crippen MR) is 102 cm³/mol. The Balaban J connectivity index is 1.39. The molecule has 2 aromatic rings. The first-order chi connectivity index (χ1) is 12.7. The van der Waals surface area contributed by atoms with E-state index >= 15 is 0 Å².